The Labute approximate surface area is 131 Å². The maximum absolute atomic E-state index is 12.2. The highest BCUT2D eigenvalue weighted by atomic mass is 32.1. The lowest BCUT2D eigenvalue weighted by atomic mass is 10.1. The van der Waals surface area contributed by atoms with Gasteiger partial charge in [0.15, 0.2) is 0 Å². The van der Waals surface area contributed by atoms with E-state index in [0.29, 0.717) is 0 Å². The van der Waals surface area contributed by atoms with Crippen LogP contribution in [0.3, 0.4) is 0 Å². The molecule has 2 heterocycles. The van der Waals surface area contributed by atoms with Crippen molar-refractivity contribution in [3.63, 3.8) is 0 Å². The van der Waals surface area contributed by atoms with Gasteiger partial charge in [-0.2, -0.15) is 11.3 Å². The van der Waals surface area contributed by atoms with Crippen molar-refractivity contribution in [2.75, 3.05) is 18.5 Å². The predicted molar refractivity (Wildman–Crippen MR) is 85.3 cm³/mol. The summed E-state index contributed by atoms with van der Waals surface area (Å²) >= 11 is 1.59. The van der Waals surface area contributed by atoms with Gasteiger partial charge in [0.05, 0.1) is 13.2 Å². The smallest absolute Gasteiger partial charge is 0.277 e. The van der Waals surface area contributed by atoms with Gasteiger partial charge >= 0.3 is 0 Å². The van der Waals surface area contributed by atoms with Crippen LogP contribution >= 0.6 is 11.3 Å². The number of β-amino-alcohol motifs (C(OH)–C–C–N with tert-alkyl or cyclic N) is 1. The van der Waals surface area contributed by atoms with Crippen molar-refractivity contribution < 1.29 is 14.7 Å². The van der Waals surface area contributed by atoms with E-state index in [-0.39, 0.29) is 18.8 Å². The lowest BCUT2D eigenvalue weighted by Gasteiger charge is -2.14. The number of carbonyl (C=O) groups excluding carboxylic acids is 2. The number of para-hydroxylation sites is 1. The van der Waals surface area contributed by atoms with Crippen molar-refractivity contribution in [2.24, 2.45) is 0 Å². The van der Waals surface area contributed by atoms with Crippen LogP contribution in [-0.2, 0) is 9.59 Å². The zero-order valence-corrected chi connectivity index (χ0v) is 12.5. The van der Waals surface area contributed by atoms with Crippen molar-refractivity contribution in [3.05, 3.63) is 52.9 Å². The highest BCUT2D eigenvalue weighted by molar-refractivity contribution is 7.08. The largest absolute Gasteiger partial charge is 0.395 e. The molecule has 1 aromatic heterocycles. The third-order valence-corrected chi connectivity index (χ3v) is 4.04. The van der Waals surface area contributed by atoms with Gasteiger partial charge in [0.1, 0.15) is 5.70 Å². The molecule has 1 aromatic carbocycles. The Hall–Kier alpha value is -2.44. The molecule has 0 atom stereocenters. The van der Waals surface area contributed by atoms with Crippen LogP contribution in [0.15, 0.2) is 52.9 Å². The summed E-state index contributed by atoms with van der Waals surface area (Å²) in [6.07, 6.45) is 1.27. The molecule has 0 saturated heterocycles. The lowest BCUT2D eigenvalue weighted by Crippen LogP contribution is -2.34. The zero-order valence-electron chi connectivity index (χ0n) is 11.7. The van der Waals surface area contributed by atoms with Crippen LogP contribution in [0.1, 0.15) is 0 Å². The molecule has 6 heteroatoms. The first kappa shape index (κ1) is 14.5. The molecule has 112 valence electrons. The molecule has 1 aliphatic heterocycles. The fraction of sp³-hybridized carbons (Fsp3) is 0.125. The van der Waals surface area contributed by atoms with Crippen molar-refractivity contribution in [2.45, 2.75) is 0 Å². The average molecular weight is 314 g/mol. The number of hydrogen-bond donors (Lipinski definition) is 2. The molecule has 0 aliphatic carbocycles. The van der Waals surface area contributed by atoms with E-state index in [1.54, 1.807) is 11.3 Å². The van der Waals surface area contributed by atoms with Crippen LogP contribution in [0, 0.1) is 0 Å². The number of nitrogens with one attached hydrogen (secondary N) is 1. The summed E-state index contributed by atoms with van der Waals surface area (Å²) in [6, 6.07) is 9.61. The lowest BCUT2D eigenvalue weighted by molar-refractivity contribution is -0.137. The number of rotatable bonds is 5. The number of thiophene rings is 1. The first-order valence-electron chi connectivity index (χ1n) is 6.77. The molecule has 22 heavy (non-hydrogen) atoms. The third-order valence-electron chi connectivity index (χ3n) is 3.36. The second-order valence-corrected chi connectivity index (χ2v) is 5.54. The van der Waals surface area contributed by atoms with Crippen molar-refractivity contribution in [1.82, 2.24) is 4.90 Å². The highest BCUT2D eigenvalue weighted by Crippen LogP contribution is 2.31. The molecule has 0 unspecified atom stereocenters. The summed E-state index contributed by atoms with van der Waals surface area (Å²) in [5.41, 5.74) is 3.00. The monoisotopic (exact) mass is 314 g/mol. The molecule has 1 aliphatic rings. The average Bonchev–Trinajstić information content (AvgIpc) is 3.13. The Morgan fingerprint density at radius 2 is 2.00 bits per heavy atom. The van der Waals surface area contributed by atoms with Crippen LogP contribution in [0.5, 0.6) is 0 Å². The minimum absolute atomic E-state index is 0.00548. The Morgan fingerprint density at radius 3 is 2.73 bits per heavy atom. The van der Waals surface area contributed by atoms with Gasteiger partial charge in [-0.25, -0.2) is 0 Å². The number of hydrogen-bond acceptors (Lipinski definition) is 5. The summed E-state index contributed by atoms with van der Waals surface area (Å²) < 4.78 is 0. The first-order chi connectivity index (χ1) is 10.7. The van der Waals surface area contributed by atoms with Gasteiger partial charge in [-0.05, 0) is 28.5 Å². The van der Waals surface area contributed by atoms with Crippen molar-refractivity contribution in [3.8, 4) is 11.1 Å². The maximum Gasteiger partial charge on any atom is 0.277 e. The number of aliphatic hydroxyl groups excluding tert-OH is 1. The molecular formula is C16H14N2O3S. The van der Waals surface area contributed by atoms with E-state index in [2.05, 4.69) is 5.32 Å². The van der Waals surface area contributed by atoms with E-state index in [4.69, 9.17) is 5.11 Å². The highest BCUT2D eigenvalue weighted by Gasteiger charge is 2.30. The van der Waals surface area contributed by atoms with E-state index in [1.165, 1.54) is 6.08 Å². The number of imide groups is 1. The van der Waals surface area contributed by atoms with Gasteiger partial charge in [-0.1, -0.05) is 18.2 Å². The Bertz CT molecular complexity index is 738. The normalized spacial score (nSPS) is 14.4. The number of carbonyl (C=O) groups is 2. The molecule has 3 rings (SSSR count). The zero-order chi connectivity index (χ0) is 15.5. The quantitative estimate of drug-likeness (QED) is 0.829. The number of amides is 2. The molecular weight excluding hydrogens is 300 g/mol. The third kappa shape index (κ3) is 2.66. The van der Waals surface area contributed by atoms with Crippen molar-refractivity contribution >= 4 is 28.8 Å². The molecule has 5 nitrogen and oxygen atoms in total. The van der Waals surface area contributed by atoms with Crippen LogP contribution in [0.2, 0.25) is 0 Å². The van der Waals surface area contributed by atoms with E-state index in [0.717, 1.165) is 21.7 Å². The van der Waals surface area contributed by atoms with E-state index >= 15 is 0 Å². The summed E-state index contributed by atoms with van der Waals surface area (Å²) in [6.45, 7) is -0.240. The standard InChI is InChI=1S/C16H14N2O3S/c19-7-6-18-15(20)9-14(16(18)21)17-13-4-2-1-3-12(13)11-5-8-22-10-11/h1-5,8-10,17,19H,6-7H2. The molecule has 2 amide bonds. The minimum Gasteiger partial charge on any atom is -0.395 e. The molecule has 2 N–H and O–H groups in total. The second kappa shape index (κ2) is 6.13. The Morgan fingerprint density at radius 1 is 1.18 bits per heavy atom. The van der Waals surface area contributed by atoms with Crippen LogP contribution in [0.25, 0.3) is 11.1 Å². The molecule has 0 spiro atoms. The molecule has 0 radical (unpaired) electrons. The van der Waals surface area contributed by atoms with E-state index in [1.807, 2.05) is 41.1 Å². The van der Waals surface area contributed by atoms with Gasteiger partial charge in [-0.15, -0.1) is 0 Å². The molecule has 2 aromatic rings. The van der Waals surface area contributed by atoms with Crippen LogP contribution < -0.4 is 5.32 Å². The van der Waals surface area contributed by atoms with Gasteiger partial charge in [0.25, 0.3) is 11.8 Å². The van der Waals surface area contributed by atoms with Gasteiger partial charge in [0, 0.05) is 17.3 Å². The summed E-state index contributed by atoms with van der Waals surface area (Å²) in [7, 11) is 0. The molecule has 0 fully saturated rings. The van der Waals surface area contributed by atoms with Crippen molar-refractivity contribution in [1.29, 1.82) is 0 Å². The van der Waals surface area contributed by atoms with Gasteiger partial charge in [0.2, 0.25) is 0 Å². The van der Waals surface area contributed by atoms with Crippen LogP contribution in [-0.4, -0.2) is 35.0 Å². The maximum atomic E-state index is 12.2. The summed E-state index contributed by atoms with van der Waals surface area (Å²) in [5, 5.41) is 16.0. The fourth-order valence-corrected chi connectivity index (χ4v) is 2.97. The Balaban J connectivity index is 1.88. The van der Waals surface area contributed by atoms with E-state index < -0.39 is 11.8 Å². The second-order valence-electron chi connectivity index (χ2n) is 4.76. The number of nitrogens with zero attached hydrogens (tertiary/aromatic N) is 1. The SMILES string of the molecule is O=C1C=C(Nc2ccccc2-c2ccsc2)C(=O)N1CCO. The number of anilines is 1. The number of aliphatic hydroxyl groups is 1. The van der Waals surface area contributed by atoms with E-state index in [9.17, 15) is 9.59 Å². The van der Waals surface area contributed by atoms with Gasteiger partial charge in [-0.3, -0.25) is 14.5 Å². The fourth-order valence-electron chi connectivity index (χ4n) is 2.32. The number of benzene rings is 1. The van der Waals surface area contributed by atoms with Crippen LogP contribution in [0.4, 0.5) is 5.69 Å². The Kier molecular flexibility index (Phi) is 4.04. The summed E-state index contributed by atoms with van der Waals surface area (Å²) in [4.78, 5) is 25.0. The topological polar surface area (TPSA) is 69.6 Å². The molecule has 0 saturated carbocycles. The first-order valence-corrected chi connectivity index (χ1v) is 7.72. The molecule has 0 bridgehead atoms. The minimum atomic E-state index is -0.417. The summed E-state index contributed by atoms with van der Waals surface area (Å²) in [5.74, 6) is -0.825. The van der Waals surface area contributed by atoms with Gasteiger partial charge < -0.3 is 10.4 Å². The predicted octanol–water partition coefficient (Wildman–Crippen LogP) is 2.07.